The van der Waals surface area contributed by atoms with Crippen LogP contribution in [0.4, 0.5) is 11.6 Å². The number of methoxy groups -OCH3 is 1. The fraction of sp³-hybridized carbons (Fsp3) is 0.559. The molecule has 1 N–H and O–H groups in total. The van der Waals surface area contributed by atoms with E-state index in [1.807, 2.05) is 43.8 Å². The van der Waals surface area contributed by atoms with Crippen molar-refractivity contribution in [2.75, 3.05) is 45.3 Å². The van der Waals surface area contributed by atoms with Gasteiger partial charge in [-0.1, -0.05) is 6.07 Å². The fourth-order valence-corrected chi connectivity index (χ4v) is 6.22. The lowest BCUT2D eigenvalue weighted by Crippen LogP contribution is -2.45. The molecule has 2 fully saturated rings. The predicted molar refractivity (Wildman–Crippen MR) is 180 cm³/mol. The number of hydrogen-bond donors (Lipinski definition) is 1. The van der Waals surface area contributed by atoms with Crippen LogP contribution in [0.15, 0.2) is 43.1 Å². The van der Waals surface area contributed by atoms with Crippen LogP contribution in [0.3, 0.4) is 0 Å². The summed E-state index contributed by atoms with van der Waals surface area (Å²) in [4.78, 5) is 11.8. The molecule has 0 unspecified atom stereocenters. The highest BCUT2D eigenvalue weighted by Gasteiger charge is 2.29. The molecule has 260 valence electrons. The lowest BCUT2D eigenvalue weighted by atomic mass is 9.90. The Hall–Kier alpha value is -4.65. The number of anilines is 2. The van der Waals surface area contributed by atoms with Crippen molar-refractivity contribution in [3.63, 3.8) is 0 Å². The number of nitrogens with zero attached hydrogens (tertiary/aromatic N) is 10. The van der Waals surface area contributed by atoms with Crippen LogP contribution >= 0.6 is 0 Å². The Morgan fingerprint density at radius 3 is 2.53 bits per heavy atom. The molecule has 4 heterocycles. The molecule has 1 atom stereocenters. The second kappa shape index (κ2) is 15.7. The maximum atomic E-state index is 9.68. The highest BCUT2D eigenvalue weighted by Crippen LogP contribution is 2.35. The quantitative estimate of drug-likeness (QED) is 0.201. The molecule has 1 aliphatic heterocycles. The highest BCUT2D eigenvalue weighted by molar-refractivity contribution is 5.67. The maximum Gasteiger partial charge on any atom is 0.256 e. The zero-order valence-corrected chi connectivity index (χ0v) is 28.7. The molecule has 3 aromatic heterocycles. The molecule has 1 aliphatic carbocycles. The van der Waals surface area contributed by atoms with Crippen molar-refractivity contribution >= 4 is 11.6 Å². The summed E-state index contributed by atoms with van der Waals surface area (Å²) in [5.41, 5.74) is 2.43. The van der Waals surface area contributed by atoms with Crippen LogP contribution in [0.1, 0.15) is 64.5 Å². The molecule has 1 saturated heterocycles. The van der Waals surface area contributed by atoms with E-state index in [0.29, 0.717) is 54.4 Å². The van der Waals surface area contributed by atoms with Crippen LogP contribution in [0.25, 0.3) is 11.1 Å². The molecule has 4 aromatic rings. The van der Waals surface area contributed by atoms with E-state index in [1.165, 1.54) is 6.33 Å². The number of morpholine rings is 1. The first-order chi connectivity index (χ1) is 23.8. The molecular weight excluding hydrogens is 626 g/mol. The van der Waals surface area contributed by atoms with Crippen molar-refractivity contribution in [3.05, 3.63) is 48.7 Å². The SMILES string of the molecule is COC(C)(C)CCOc1nn(C2CCC(N3CCOCC3)CC2)cc1Nc1ncc(-c2ccc(C#N)c(O[C@@H](C)Cn3cnnn3)c2)cn1. The summed E-state index contributed by atoms with van der Waals surface area (Å²) in [7, 11) is 1.71. The summed E-state index contributed by atoms with van der Waals surface area (Å²) in [5, 5.41) is 29.1. The summed E-state index contributed by atoms with van der Waals surface area (Å²) in [6.45, 7) is 10.5. The second-order valence-electron chi connectivity index (χ2n) is 13.2. The zero-order valence-electron chi connectivity index (χ0n) is 28.7. The van der Waals surface area contributed by atoms with E-state index in [-0.39, 0.29) is 17.7 Å². The van der Waals surface area contributed by atoms with Crippen LogP contribution in [-0.4, -0.2) is 103 Å². The number of benzene rings is 1. The van der Waals surface area contributed by atoms with Gasteiger partial charge in [-0.15, -0.1) is 10.2 Å². The van der Waals surface area contributed by atoms with Crippen molar-refractivity contribution in [2.45, 2.75) is 83.2 Å². The van der Waals surface area contributed by atoms with Gasteiger partial charge in [0.15, 0.2) is 0 Å². The summed E-state index contributed by atoms with van der Waals surface area (Å²) in [6, 6.07) is 8.51. The van der Waals surface area contributed by atoms with Crippen LogP contribution in [-0.2, 0) is 16.0 Å². The minimum atomic E-state index is -0.309. The molecule has 1 saturated carbocycles. The first-order valence-corrected chi connectivity index (χ1v) is 16.9. The molecule has 6 rings (SSSR count). The number of nitrogens with one attached hydrogen (secondary N) is 1. The molecule has 49 heavy (non-hydrogen) atoms. The van der Waals surface area contributed by atoms with E-state index in [2.05, 4.69) is 41.8 Å². The van der Waals surface area contributed by atoms with Gasteiger partial charge in [0.25, 0.3) is 5.88 Å². The number of rotatable bonds is 14. The van der Waals surface area contributed by atoms with E-state index in [0.717, 1.165) is 63.1 Å². The molecule has 0 radical (unpaired) electrons. The van der Waals surface area contributed by atoms with Crippen molar-refractivity contribution in [2.24, 2.45) is 0 Å². The largest absolute Gasteiger partial charge is 0.487 e. The monoisotopic (exact) mass is 671 g/mol. The number of tetrazole rings is 1. The van der Waals surface area contributed by atoms with E-state index in [4.69, 9.17) is 24.0 Å². The Labute approximate surface area is 286 Å². The Kier molecular flexibility index (Phi) is 11.0. The summed E-state index contributed by atoms with van der Waals surface area (Å²) < 4.78 is 27.1. The molecule has 2 aliphatic rings. The van der Waals surface area contributed by atoms with Crippen molar-refractivity contribution < 1.29 is 18.9 Å². The van der Waals surface area contributed by atoms with Crippen molar-refractivity contribution in [3.8, 4) is 28.8 Å². The van der Waals surface area contributed by atoms with Gasteiger partial charge in [-0.2, -0.15) is 5.26 Å². The van der Waals surface area contributed by atoms with E-state index < -0.39 is 0 Å². The predicted octanol–water partition coefficient (Wildman–Crippen LogP) is 4.42. The average Bonchev–Trinajstić information content (AvgIpc) is 3.79. The third kappa shape index (κ3) is 8.88. The smallest absolute Gasteiger partial charge is 0.256 e. The molecule has 1 aromatic carbocycles. The van der Waals surface area contributed by atoms with Gasteiger partial charge in [0.2, 0.25) is 5.95 Å². The van der Waals surface area contributed by atoms with Crippen LogP contribution in [0.5, 0.6) is 11.6 Å². The van der Waals surface area contributed by atoms with Crippen LogP contribution in [0, 0.1) is 11.3 Å². The Bertz CT molecular complexity index is 1670. The zero-order chi connectivity index (χ0) is 34.2. The number of ether oxygens (including phenoxy) is 4. The third-order valence-corrected chi connectivity index (χ3v) is 9.29. The van der Waals surface area contributed by atoms with Crippen molar-refractivity contribution in [1.82, 2.24) is 44.9 Å². The number of hydrogen-bond acceptors (Lipinski definition) is 13. The van der Waals surface area contributed by atoms with Gasteiger partial charge in [0, 0.05) is 50.6 Å². The standard InChI is InChI=1S/C34H45N11O4/c1-24(21-44-23-38-41-42-44)49-31-17-25(5-6-26(31)18-35)27-19-36-33(37-20-27)39-30-22-45(40-32(30)48-14-11-34(2,3)46-4)29-9-7-28(8-10-29)43-12-15-47-16-13-43/h5-6,17,19-20,22-24,28-29H,7-16,21H2,1-4H3,(H,36,37,39)/t24-,28?,29?/m0/s1. The van der Waals surface area contributed by atoms with Gasteiger partial charge in [-0.05, 0) is 74.6 Å². The van der Waals surface area contributed by atoms with Gasteiger partial charge < -0.3 is 24.3 Å². The van der Waals surface area contributed by atoms with Gasteiger partial charge in [0.1, 0.15) is 29.9 Å². The Morgan fingerprint density at radius 2 is 1.84 bits per heavy atom. The first-order valence-electron chi connectivity index (χ1n) is 16.9. The molecular formula is C34H45N11O4. The van der Waals surface area contributed by atoms with Gasteiger partial charge in [0.05, 0.1) is 49.8 Å². The number of nitriles is 1. The van der Waals surface area contributed by atoms with Crippen LogP contribution in [0.2, 0.25) is 0 Å². The molecule has 0 bridgehead atoms. The van der Waals surface area contributed by atoms with E-state index >= 15 is 0 Å². The topological polar surface area (TPSA) is 163 Å². The van der Waals surface area contributed by atoms with Gasteiger partial charge >= 0.3 is 0 Å². The summed E-state index contributed by atoms with van der Waals surface area (Å²) in [5.74, 6) is 1.40. The Balaban J connectivity index is 1.15. The fourth-order valence-electron chi connectivity index (χ4n) is 6.22. The van der Waals surface area contributed by atoms with E-state index in [9.17, 15) is 5.26 Å². The van der Waals surface area contributed by atoms with Gasteiger partial charge in [-0.25, -0.2) is 14.6 Å². The first kappa shape index (κ1) is 34.2. The summed E-state index contributed by atoms with van der Waals surface area (Å²) in [6.07, 6.45) is 11.8. The normalized spacial score (nSPS) is 19.2. The lowest BCUT2D eigenvalue weighted by molar-refractivity contribution is 0.00409. The highest BCUT2D eigenvalue weighted by atomic mass is 16.5. The molecule has 0 spiro atoms. The molecule has 0 amide bonds. The van der Waals surface area contributed by atoms with Gasteiger partial charge in [-0.3, -0.25) is 9.58 Å². The summed E-state index contributed by atoms with van der Waals surface area (Å²) >= 11 is 0. The third-order valence-electron chi connectivity index (χ3n) is 9.29. The average molecular weight is 672 g/mol. The minimum absolute atomic E-state index is 0.272. The number of aromatic nitrogens is 8. The minimum Gasteiger partial charge on any atom is -0.487 e. The second-order valence-corrected chi connectivity index (χ2v) is 13.2. The van der Waals surface area contributed by atoms with Crippen LogP contribution < -0.4 is 14.8 Å². The maximum absolute atomic E-state index is 9.68. The molecule has 15 heteroatoms. The lowest BCUT2D eigenvalue weighted by Gasteiger charge is -2.38. The Morgan fingerprint density at radius 1 is 1.08 bits per heavy atom. The van der Waals surface area contributed by atoms with E-state index in [1.54, 1.807) is 30.3 Å². The molecule has 15 nitrogen and oxygen atoms in total. The van der Waals surface area contributed by atoms with Crippen molar-refractivity contribution in [1.29, 1.82) is 5.26 Å².